The number of rotatable bonds is 3. The SMILES string of the molecule is CNS(=O)(=O)c1cccc(-c2cc(=O)n(O)c3ncccc23)c1. The van der Waals surface area contributed by atoms with E-state index < -0.39 is 15.6 Å². The largest absolute Gasteiger partial charge is 0.423 e. The highest BCUT2D eigenvalue weighted by atomic mass is 32.2. The second-order valence-electron chi connectivity index (χ2n) is 4.82. The van der Waals surface area contributed by atoms with Crippen molar-refractivity contribution in [2.24, 2.45) is 0 Å². The summed E-state index contributed by atoms with van der Waals surface area (Å²) in [6, 6.07) is 10.8. The predicted molar refractivity (Wildman–Crippen MR) is 84.9 cm³/mol. The Hall–Kier alpha value is -2.71. The molecule has 0 fully saturated rings. The molecule has 1 aromatic carbocycles. The van der Waals surface area contributed by atoms with Crippen molar-refractivity contribution in [3.63, 3.8) is 0 Å². The Morgan fingerprint density at radius 2 is 1.96 bits per heavy atom. The summed E-state index contributed by atoms with van der Waals surface area (Å²) >= 11 is 0. The molecule has 118 valence electrons. The normalized spacial score (nSPS) is 11.7. The molecule has 0 saturated heterocycles. The summed E-state index contributed by atoms with van der Waals surface area (Å²) < 4.78 is 26.6. The first kappa shape index (κ1) is 15.2. The molecule has 0 atom stereocenters. The van der Waals surface area contributed by atoms with Gasteiger partial charge in [0, 0.05) is 17.6 Å². The zero-order valence-corrected chi connectivity index (χ0v) is 12.9. The van der Waals surface area contributed by atoms with Crippen molar-refractivity contribution in [1.29, 1.82) is 0 Å². The van der Waals surface area contributed by atoms with Gasteiger partial charge in [-0.25, -0.2) is 18.1 Å². The van der Waals surface area contributed by atoms with E-state index in [-0.39, 0.29) is 10.5 Å². The zero-order chi connectivity index (χ0) is 16.6. The second kappa shape index (κ2) is 5.49. The summed E-state index contributed by atoms with van der Waals surface area (Å²) in [4.78, 5) is 16.0. The summed E-state index contributed by atoms with van der Waals surface area (Å²) in [7, 11) is -2.27. The third-order valence-electron chi connectivity index (χ3n) is 3.48. The molecule has 0 bridgehead atoms. The van der Waals surface area contributed by atoms with E-state index in [9.17, 15) is 18.4 Å². The number of pyridine rings is 2. The van der Waals surface area contributed by atoms with Gasteiger partial charge in [-0.2, -0.15) is 0 Å². The molecule has 8 heteroatoms. The Morgan fingerprint density at radius 1 is 1.17 bits per heavy atom. The van der Waals surface area contributed by atoms with Gasteiger partial charge < -0.3 is 5.21 Å². The second-order valence-corrected chi connectivity index (χ2v) is 6.70. The van der Waals surface area contributed by atoms with Gasteiger partial charge in [0.05, 0.1) is 4.90 Å². The highest BCUT2D eigenvalue weighted by molar-refractivity contribution is 7.89. The molecule has 0 unspecified atom stereocenters. The van der Waals surface area contributed by atoms with Crippen molar-refractivity contribution < 1.29 is 13.6 Å². The van der Waals surface area contributed by atoms with E-state index in [0.717, 1.165) is 0 Å². The summed E-state index contributed by atoms with van der Waals surface area (Å²) in [5, 5.41) is 10.3. The molecule has 0 aliphatic carbocycles. The molecule has 0 radical (unpaired) electrons. The predicted octanol–water partition coefficient (Wildman–Crippen LogP) is 1.21. The van der Waals surface area contributed by atoms with Crippen LogP contribution in [0.1, 0.15) is 0 Å². The number of hydrogen-bond acceptors (Lipinski definition) is 5. The van der Waals surface area contributed by atoms with E-state index in [1.165, 1.54) is 31.4 Å². The molecule has 3 aromatic rings. The molecule has 2 aromatic heterocycles. The van der Waals surface area contributed by atoms with Crippen LogP contribution in [-0.2, 0) is 10.0 Å². The van der Waals surface area contributed by atoms with Gasteiger partial charge in [-0.3, -0.25) is 4.79 Å². The van der Waals surface area contributed by atoms with Gasteiger partial charge in [0.2, 0.25) is 10.0 Å². The Morgan fingerprint density at radius 3 is 2.70 bits per heavy atom. The number of nitrogens with zero attached hydrogens (tertiary/aromatic N) is 2. The van der Waals surface area contributed by atoms with Crippen LogP contribution in [0.5, 0.6) is 0 Å². The van der Waals surface area contributed by atoms with E-state index in [4.69, 9.17) is 0 Å². The Bertz CT molecular complexity index is 1060. The summed E-state index contributed by atoms with van der Waals surface area (Å²) in [6.07, 6.45) is 1.46. The average Bonchev–Trinajstić information content (AvgIpc) is 2.58. The molecule has 23 heavy (non-hydrogen) atoms. The molecule has 2 N–H and O–H groups in total. The first-order chi connectivity index (χ1) is 10.9. The third kappa shape index (κ3) is 2.58. The number of aromatic nitrogens is 2. The maximum Gasteiger partial charge on any atom is 0.285 e. The van der Waals surface area contributed by atoms with Crippen molar-refractivity contribution in [2.75, 3.05) is 7.05 Å². The van der Waals surface area contributed by atoms with Crippen molar-refractivity contribution >= 4 is 21.1 Å². The Kier molecular flexibility index (Phi) is 3.63. The monoisotopic (exact) mass is 331 g/mol. The van der Waals surface area contributed by atoms with E-state index >= 15 is 0 Å². The van der Waals surface area contributed by atoms with Crippen LogP contribution in [-0.4, -0.2) is 30.4 Å². The number of benzene rings is 1. The molecular weight excluding hydrogens is 318 g/mol. The van der Waals surface area contributed by atoms with E-state index in [0.29, 0.717) is 21.2 Å². The molecule has 0 aliphatic heterocycles. The zero-order valence-electron chi connectivity index (χ0n) is 12.1. The standard InChI is InChI=1S/C15H13N3O4S/c1-16-23(21,22)11-5-2-4-10(8-11)13-9-14(19)18(20)15-12(13)6-3-7-17-15/h2-9,16,20H,1H3. The fourth-order valence-corrected chi connectivity index (χ4v) is 3.11. The van der Waals surface area contributed by atoms with Gasteiger partial charge in [-0.15, -0.1) is 4.73 Å². The van der Waals surface area contributed by atoms with Crippen LogP contribution in [0.15, 0.2) is 58.4 Å². The highest BCUT2D eigenvalue weighted by Gasteiger charge is 2.15. The molecule has 7 nitrogen and oxygen atoms in total. The first-order valence-corrected chi connectivity index (χ1v) is 8.16. The lowest BCUT2D eigenvalue weighted by atomic mass is 10.0. The lowest BCUT2D eigenvalue weighted by Crippen LogP contribution is -2.19. The van der Waals surface area contributed by atoms with Crippen molar-refractivity contribution in [3.8, 4) is 11.1 Å². The van der Waals surface area contributed by atoms with E-state index in [1.54, 1.807) is 24.3 Å². The minimum atomic E-state index is -3.60. The number of hydrogen-bond donors (Lipinski definition) is 2. The minimum absolute atomic E-state index is 0.0858. The minimum Gasteiger partial charge on any atom is -0.423 e. The topological polar surface area (TPSA) is 101 Å². The maximum absolute atomic E-state index is 11.9. The summed E-state index contributed by atoms with van der Waals surface area (Å²) in [6.45, 7) is 0. The lowest BCUT2D eigenvalue weighted by molar-refractivity contribution is 0.187. The quantitative estimate of drug-likeness (QED) is 0.703. The van der Waals surface area contributed by atoms with Gasteiger partial charge in [0.1, 0.15) is 0 Å². The van der Waals surface area contributed by atoms with Crippen LogP contribution in [0.4, 0.5) is 0 Å². The van der Waals surface area contributed by atoms with Gasteiger partial charge in [0.15, 0.2) is 5.65 Å². The van der Waals surface area contributed by atoms with Crippen molar-refractivity contribution in [2.45, 2.75) is 4.90 Å². The fourth-order valence-electron chi connectivity index (χ4n) is 2.33. The molecule has 3 rings (SSSR count). The Labute approximate surface area is 131 Å². The molecule has 0 spiro atoms. The van der Waals surface area contributed by atoms with Crippen LogP contribution in [0.2, 0.25) is 0 Å². The smallest absolute Gasteiger partial charge is 0.285 e. The van der Waals surface area contributed by atoms with Crippen LogP contribution in [0, 0.1) is 0 Å². The van der Waals surface area contributed by atoms with E-state index in [1.807, 2.05) is 0 Å². The van der Waals surface area contributed by atoms with Crippen LogP contribution in [0.3, 0.4) is 0 Å². The van der Waals surface area contributed by atoms with E-state index in [2.05, 4.69) is 9.71 Å². The summed E-state index contributed by atoms with van der Waals surface area (Å²) in [5.74, 6) is 0. The number of sulfonamides is 1. The molecule has 0 saturated carbocycles. The summed E-state index contributed by atoms with van der Waals surface area (Å²) in [5.41, 5.74) is 0.499. The molecule has 0 aliphatic rings. The fraction of sp³-hybridized carbons (Fsp3) is 0.0667. The highest BCUT2D eigenvalue weighted by Crippen LogP contribution is 2.27. The van der Waals surface area contributed by atoms with Crippen molar-refractivity contribution in [3.05, 3.63) is 59.0 Å². The third-order valence-corrected chi connectivity index (χ3v) is 4.89. The molecule has 2 heterocycles. The van der Waals surface area contributed by atoms with Crippen molar-refractivity contribution in [1.82, 2.24) is 14.4 Å². The maximum atomic E-state index is 11.9. The van der Waals surface area contributed by atoms with Gasteiger partial charge in [-0.05, 0) is 42.4 Å². The van der Waals surface area contributed by atoms with Gasteiger partial charge in [0.25, 0.3) is 5.56 Å². The first-order valence-electron chi connectivity index (χ1n) is 6.68. The van der Waals surface area contributed by atoms with Gasteiger partial charge >= 0.3 is 0 Å². The van der Waals surface area contributed by atoms with Crippen LogP contribution < -0.4 is 10.3 Å². The number of fused-ring (bicyclic) bond motifs is 1. The lowest BCUT2D eigenvalue weighted by Gasteiger charge is -2.10. The number of nitrogens with one attached hydrogen (secondary N) is 1. The van der Waals surface area contributed by atoms with Gasteiger partial charge in [-0.1, -0.05) is 12.1 Å². The van der Waals surface area contributed by atoms with Crippen LogP contribution >= 0.6 is 0 Å². The Balaban J connectivity index is 2.33. The van der Waals surface area contributed by atoms with Crippen LogP contribution in [0.25, 0.3) is 22.2 Å². The molecule has 0 amide bonds. The molecular formula is C15H13N3O4S. The average molecular weight is 331 g/mol.